The minimum absolute atomic E-state index is 0.151. The predicted molar refractivity (Wildman–Crippen MR) is 90.0 cm³/mol. The Hall–Kier alpha value is -1.86. The monoisotopic (exact) mass is 355 g/mol. The van der Waals surface area contributed by atoms with E-state index in [0.717, 1.165) is 6.26 Å². The molecular formula is C15H18ClN3O3S. The first-order valence-electron chi connectivity index (χ1n) is 6.86. The number of halogens is 1. The lowest BCUT2D eigenvalue weighted by Crippen LogP contribution is -2.29. The Bertz CT molecular complexity index is 851. The van der Waals surface area contributed by atoms with E-state index in [1.54, 1.807) is 28.9 Å². The second kappa shape index (κ2) is 5.98. The van der Waals surface area contributed by atoms with Gasteiger partial charge in [-0.3, -0.25) is 9.48 Å². The number of sulfonamides is 1. The fraction of sp³-hybridized carbons (Fsp3) is 0.333. The fourth-order valence-corrected chi connectivity index (χ4v) is 2.63. The van der Waals surface area contributed by atoms with Crippen molar-refractivity contribution >= 4 is 27.5 Å². The molecular weight excluding hydrogens is 338 g/mol. The Balaban J connectivity index is 2.63. The van der Waals surface area contributed by atoms with Crippen molar-refractivity contribution in [2.75, 3.05) is 6.26 Å². The van der Waals surface area contributed by atoms with Crippen molar-refractivity contribution in [1.29, 1.82) is 0 Å². The molecule has 0 atom stereocenters. The van der Waals surface area contributed by atoms with Gasteiger partial charge < -0.3 is 0 Å². The fourth-order valence-electron chi connectivity index (χ4n) is 1.96. The maximum absolute atomic E-state index is 12.3. The van der Waals surface area contributed by atoms with Gasteiger partial charge >= 0.3 is 0 Å². The smallest absolute Gasteiger partial charge is 0.268 e. The standard InChI is InChI=1S/C15H18ClN3O3S/c1-15(2,3)19-9-11(14(20)18-23(4,21)22)13(17-19)10-7-5-6-8-12(10)16/h5-9H,1-4H3,(H,18,20). The number of nitrogens with zero attached hydrogens (tertiary/aromatic N) is 2. The molecule has 6 nitrogen and oxygen atoms in total. The van der Waals surface area contributed by atoms with E-state index in [4.69, 9.17) is 11.6 Å². The van der Waals surface area contributed by atoms with E-state index in [-0.39, 0.29) is 11.1 Å². The maximum atomic E-state index is 12.3. The summed E-state index contributed by atoms with van der Waals surface area (Å²) in [6.45, 7) is 5.78. The van der Waals surface area contributed by atoms with Crippen molar-refractivity contribution in [3.8, 4) is 11.3 Å². The Morgan fingerprint density at radius 1 is 1.26 bits per heavy atom. The van der Waals surface area contributed by atoms with Gasteiger partial charge in [0.15, 0.2) is 0 Å². The second-order valence-electron chi connectivity index (χ2n) is 6.19. The lowest BCUT2D eigenvalue weighted by atomic mass is 10.1. The van der Waals surface area contributed by atoms with Crippen LogP contribution in [-0.2, 0) is 15.6 Å². The molecule has 0 aliphatic rings. The summed E-state index contributed by atoms with van der Waals surface area (Å²) >= 11 is 6.19. The molecule has 2 aromatic rings. The molecule has 124 valence electrons. The summed E-state index contributed by atoms with van der Waals surface area (Å²) in [5, 5.41) is 4.87. The lowest BCUT2D eigenvalue weighted by molar-refractivity contribution is 0.0982. The molecule has 0 aliphatic carbocycles. The molecule has 0 saturated heterocycles. The van der Waals surface area contributed by atoms with Crippen LogP contribution < -0.4 is 4.72 Å². The lowest BCUT2D eigenvalue weighted by Gasteiger charge is -2.18. The number of rotatable bonds is 3. The molecule has 0 fully saturated rings. The second-order valence-corrected chi connectivity index (χ2v) is 8.35. The number of hydrogen-bond donors (Lipinski definition) is 1. The molecule has 23 heavy (non-hydrogen) atoms. The molecule has 0 saturated carbocycles. The van der Waals surface area contributed by atoms with Gasteiger partial charge in [0.2, 0.25) is 10.0 Å². The highest BCUT2D eigenvalue weighted by molar-refractivity contribution is 7.89. The first-order valence-corrected chi connectivity index (χ1v) is 9.13. The molecule has 1 heterocycles. The average molecular weight is 356 g/mol. The molecule has 1 aromatic carbocycles. The van der Waals surface area contributed by atoms with E-state index in [9.17, 15) is 13.2 Å². The van der Waals surface area contributed by atoms with Gasteiger partial charge in [-0.15, -0.1) is 0 Å². The number of nitrogens with one attached hydrogen (secondary N) is 1. The third-order valence-electron chi connectivity index (χ3n) is 3.05. The molecule has 8 heteroatoms. The Morgan fingerprint density at radius 3 is 2.39 bits per heavy atom. The van der Waals surface area contributed by atoms with Gasteiger partial charge in [0.1, 0.15) is 5.69 Å². The van der Waals surface area contributed by atoms with Crippen molar-refractivity contribution in [2.45, 2.75) is 26.3 Å². The molecule has 1 amide bonds. The predicted octanol–water partition coefficient (Wildman–Crippen LogP) is 2.65. The van der Waals surface area contributed by atoms with Crippen LogP contribution in [0.15, 0.2) is 30.5 Å². The largest absolute Gasteiger partial charge is 0.268 e. The molecule has 2 rings (SSSR count). The zero-order valence-electron chi connectivity index (χ0n) is 13.3. The van der Waals surface area contributed by atoms with Crippen molar-refractivity contribution < 1.29 is 13.2 Å². The van der Waals surface area contributed by atoms with Crippen LogP contribution in [0.5, 0.6) is 0 Å². The summed E-state index contributed by atoms with van der Waals surface area (Å²) in [5.74, 6) is -0.738. The van der Waals surface area contributed by atoms with Crippen LogP contribution in [0.3, 0.4) is 0 Å². The summed E-state index contributed by atoms with van der Waals surface area (Å²) in [6.07, 6.45) is 2.45. The van der Waals surface area contributed by atoms with Gasteiger partial charge in [-0.05, 0) is 26.8 Å². The van der Waals surface area contributed by atoms with Gasteiger partial charge in [0, 0.05) is 11.8 Å². The minimum Gasteiger partial charge on any atom is -0.268 e. The maximum Gasteiger partial charge on any atom is 0.268 e. The van der Waals surface area contributed by atoms with E-state index in [1.165, 1.54) is 6.20 Å². The number of carbonyl (C=O) groups is 1. The van der Waals surface area contributed by atoms with Crippen LogP contribution in [0.4, 0.5) is 0 Å². The first-order chi connectivity index (χ1) is 10.5. The van der Waals surface area contributed by atoms with Crippen molar-refractivity contribution in [1.82, 2.24) is 14.5 Å². The highest BCUT2D eigenvalue weighted by atomic mass is 35.5. The molecule has 1 aromatic heterocycles. The van der Waals surface area contributed by atoms with E-state index >= 15 is 0 Å². The quantitative estimate of drug-likeness (QED) is 0.917. The van der Waals surface area contributed by atoms with E-state index in [2.05, 4.69) is 5.10 Å². The van der Waals surface area contributed by atoms with Crippen molar-refractivity contribution in [3.05, 3.63) is 41.0 Å². The zero-order chi connectivity index (χ0) is 17.4. The Labute approximate surface area is 140 Å². The summed E-state index contributed by atoms with van der Waals surface area (Å²) in [6, 6.07) is 6.96. The number of aromatic nitrogens is 2. The molecule has 0 spiro atoms. The van der Waals surface area contributed by atoms with Crippen molar-refractivity contribution in [3.63, 3.8) is 0 Å². The van der Waals surface area contributed by atoms with E-state index in [1.807, 2.05) is 25.5 Å². The van der Waals surface area contributed by atoms with E-state index in [0.29, 0.717) is 16.3 Å². The van der Waals surface area contributed by atoms with Crippen LogP contribution in [-0.4, -0.2) is 30.4 Å². The minimum atomic E-state index is -3.68. The topological polar surface area (TPSA) is 81.1 Å². The molecule has 0 bridgehead atoms. The van der Waals surface area contributed by atoms with Crippen molar-refractivity contribution in [2.24, 2.45) is 0 Å². The van der Waals surface area contributed by atoms with Crippen LogP contribution in [0.1, 0.15) is 31.1 Å². The third kappa shape index (κ3) is 4.11. The number of hydrogen-bond acceptors (Lipinski definition) is 4. The first kappa shape index (κ1) is 17.5. The van der Waals surface area contributed by atoms with Crippen LogP contribution in [0.25, 0.3) is 11.3 Å². The summed E-state index contributed by atoms with van der Waals surface area (Å²) in [4.78, 5) is 12.3. The van der Waals surface area contributed by atoms with Crippen LogP contribution in [0, 0.1) is 0 Å². The highest BCUT2D eigenvalue weighted by Crippen LogP contribution is 2.30. The molecule has 0 unspecified atom stereocenters. The average Bonchev–Trinajstić information content (AvgIpc) is 2.82. The SMILES string of the molecule is CC(C)(C)n1cc(C(=O)NS(C)(=O)=O)c(-c2ccccc2Cl)n1. The summed E-state index contributed by atoms with van der Waals surface area (Å²) in [7, 11) is -3.68. The van der Waals surface area contributed by atoms with Gasteiger partial charge in [0.05, 0.1) is 22.4 Å². The highest BCUT2D eigenvalue weighted by Gasteiger charge is 2.25. The Morgan fingerprint density at radius 2 is 1.87 bits per heavy atom. The van der Waals surface area contributed by atoms with Crippen LogP contribution in [0.2, 0.25) is 5.02 Å². The van der Waals surface area contributed by atoms with Gasteiger partial charge in [-0.2, -0.15) is 5.10 Å². The number of carbonyl (C=O) groups excluding carboxylic acids is 1. The normalized spacial score (nSPS) is 12.2. The molecule has 1 N–H and O–H groups in total. The Kier molecular flexibility index (Phi) is 4.54. The van der Waals surface area contributed by atoms with Gasteiger partial charge in [-0.25, -0.2) is 13.1 Å². The summed E-state index contributed by atoms with van der Waals surface area (Å²) in [5.41, 5.74) is 0.681. The van der Waals surface area contributed by atoms with Gasteiger partial charge in [0.25, 0.3) is 5.91 Å². The summed E-state index contributed by atoms with van der Waals surface area (Å²) < 4.78 is 26.3. The number of benzene rings is 1. The van der Waals surface area contributed by atoms with Gasteiger partial charge in [-0.1, -0.05) is 29.8 Å². The van der Waals surface area contributed by atoms with Crippen LogP contribution >= 0.6 is 11.6 Å². The molecule has 0 aliphatic heterocycles. The third-order valence-corrected chi connectivity index (χ3v) is 3.94. The molecule has 0 radical (unpaired) electrons. The van der Waals surface area contributed by atoms with E-state index < -0.39 is 15.9 Å². The zero-order valence-corrected chi connectivity index (χ0v) is 14.9. The number of amides is 1.